The molecule has 0 aliphatic heterocycles. The smallest absolute Gasteiger partial charge is 0.357 e. The molecule has 0 spiro atoms. The summed E-state index contributed by atoms with van der Waals surface area (Å²) < 4.78 is 37.1. The molecule has 1 aromatic heterocycles. The molecule has 0 aliphatic rings. The first kappa shape index (κ1) is 20.0. The molecule has 0 saturated heterocycles. The minimum absolute atomic E-state index is 0. The number of guanidine groups is 1. The van der Waals surface area contributed by atoms with Gasteiger partial charge in [0.1, 0.15) is 0 Å². The standard InChI is InChI=1S/C11H15BrF3N3S.HI/c1-2-16-10(17-6-5-11(13,14)15)18-7-8-3-4-9(12)19-8;/h3-4H,2,5-7H2,1H3,(H2,16,17,18);1H. The Labute approximate surface area is 145 Å². The second-order valence-electron chi connectivity index (χ2n) is 3.69. The lowest BCUT2D eigenvalue weighted by atomic mass is 10.4. The Bertz CT molecular complexity index is 423. The lowest BCUT2D eigenvalue weighted by Crippen LogP contribution is -2.38. The van der Waals surface area contributed by atoms with Crippen molar-refractivity contribution in [3.8, 4) is 0 Å². The third kappa shape index (κ3) is 9.01. The van der Waals surface area contributed by atoms with Gasteiger partial charge in [0.05, 0.1) is 16.8 Å². The highest BCUT2D eigenvalue weighted by molar-refractivity contribution is 14.0. The Kier molecular flexibility index (Phi) is 9.81. The summed E-state index contributed by atoms with van der Waals surface area (Å²) in [6, 6.07) is 3.84. The minimum atomic E-state index is -4.15. The van der Waals surface area contributed by atoms with Crippen LogP contribution in [0.1, 0.15) is 18.2 Å². The van der Waals surface area contributed by atoms with Crippen LogP contribution in [0.2, 0.25) is 0 Å². The van der Waals surface area contributed by atoms with E-state index in [-0.39, 0.29) is 30.5 Å². The van der Waals surface area contributed by atoms with E-state index in [9.17, 15) is 13.2 Å². The van der Waals surface area contributed by atoms with Gasteiger partial charge in [-0.15, -0.1) is 35.3 Å². The van der Waals surface area contributed by atoms with E-state index in [1.165, 1.54) is 0 Å². The number of thiophene rings is 1. The first-order chi connectivity index (χ1) is 8.90. The molecule has 20 heavy (non-hydrogen) atoms. The fourth-order valence-corrected chi connectivity index (χ4v) is 2.67. The van der Waals surface area contributed by atoms with Gasteiger partial charge in [-0.1, -0.05) is 0 Å². The van der Waals surface area contributed by atoms with Gasteiger partial charge in [-0.3, -0.25) is 0 Å². The van der Waals surface area contributed by atoms with Gasteiger partial charge in [-0.05, 0) is 35.0 Å². The fourth-order valence-electron chi connectivity index (χ4n) is 1.26. The summed E-state index contributed by atoms with van der Waals surface area (Å²) in [5.41, 5.74) is 0. The van der Waals surface area contributed by atoms with Crippen LogP contribution in [0.15, 0.2) is 20.9 Å². The minimum Gasteiger partial charge on any atom is -0.357 e. The zero-order valence-electron chi connectivity index (χ0n) is 10.8. The van der Waals surface area contributed by atoms with Gasteiger partial charge in [0.2, 0.25) is 0 Å². The van der Waals surface area contributed by atoms with Crippen molar-refractivity contribution in [1.29, 1.82) is 0 Å². The number of hydrogen-bond donors (Lipinski definition) is 2. The van der Waals surface area contributed by atoms with Gasteiger partial charge in [0, 0.05) is 18.0 Å². The molecule has 0 radical (unpaired) electrons. The Morgan fingerprint density at radius 1 is 1.35 bits per heavy atom. The van der Waals surface area contributed by atoms with E-state index in [1.54, 1.807) is 11.3 Å². The average Bonchev–Trinajstić information content (AvgIpc) is 2.70. The first-order valence-corrected chi connectivity index (χ1v) is 7.35. The van der Waals surface area contributed by atoms with Gasteiger partial charge in [-0.2, -0.15) is 13.2 Å². The fraction of sp³-hybridized carbons (Fsp3) is 0.545. The Morgan fingerprint density at radius 2 is 2.05 bits per heavy atom. The van der Waals surface area contributed by atoms with Crippen molar-refractivity contribution in [3.05, 3.63) is 20.8 Å². The van der Waals surface area contributed by atoms with E-state index in [2.05, 4.69) is 31.6 Å². The lowest BCUT2D eigenvalue weighted by molar-refractivity contribution is -0.132. The van der Waals surface area contributed by atoms with Crippen molar-refractivity contribution in [2.45, 2.75) is 26.1 Å². The molecule has 116 valence electrons. The predicted octanol–water partition coefficient (Wildman–Crippen LogP) is 4.14. The zero-order valence-corrected chi connectivity index (χ0v) is 15.5. The maximum atomic E-state index is 12.0. The average molecular weight is 486 g/mol. The van der Waals surface area contributed by atoms with E-state index >= 15 is 0 Å². The zero-order chi connectivity index (χ0) is 14.3. The van der Waals surface area contributed by atoms with E-state index in [4.69, 9.17) is 0 Å². The van der Waals surface area contributed by atoms with Gasteiger partial charge in [-0.25, -0.2) is 4.99 Å². The van der Waals surface area contributed by atoms with E-state index in [0.29, 0.717) is 19.0 Å². The molecule has 1 aromatic rings. The Hall–Kier alpha value is -0.0300. The number of rotatable bonds is 5. The molecule has 0 aliphatic carbocycles. The summed E-state index contributed by atoms with van der Waals surface area (Å²) in [7, 11) is 0. The van der Waals surface area contributed by atoms with Crippen molar-refractivity contribution < 1.29 is 13.2 Å². The van der Waals surface area contributed by atoms with Crippen LogP contribution < -0.4 is 10.6 Å². The largest absolute Gasteiger partial charge is 0.390 e. The molecule has 0 aromatic carbocycles. The third-order valence-electron chi connectivity index (χ3n) is 2.07. The number of hydrogen-bond acceptors (Lipinski definition) is 2. The summed E-state index contributed by atoms with van der Waals surface area (Å²) in [6.45, 7) is 2.73. The second kappa shape index (κ2) is 9.82. The molecule has 9 heteroatoms. The quantitative estimate of drug-likeness (QED) is 0.373. The Morgan fingerprint density at radius 3 is 2.55 bits per heavy atom. The van der Waals surface area contributed by atoms with E-state index in [1.807, 2.05) is 19.1 Å². The Balaban J connectivity index is 0.00000361. The lowest BCUT2D eigenvalue weighted by Gasteiger charge is -2.12. The first-order valence-electron chi connectivity index (χ1n) is 5.74. The van der Waals surface area contributed by atoms with Crippen molar-refractivity contribution in [2.24, 2.45) is 4.99 Å². The summed E-state index contributed by atoms with van der Waals surface area (Å²) in [6.07, 6.45) is -5.02. The van der Waals surface area contributed by atoms with Crippen LogP contribution in [-0.4, -0.2) is 25.2 Å². The molecular formula is C11H16BrF3IN3S. The molecule has 1 rings (SSSR count). The van der Waals surface area contributed by atoms with E-state index < -0.39 is 12.6 Å². The number of halogens is 5. The van der Waals surface area contributed by atoms with Crippen LogP contribution in [0.25, 0.3) is 0 Å². The SMILES string of the molecule is CCNC(=NCc1ccc(Br)s1)NCCC(F)(F)F.I. The highest BCUT2D eigenvalue weighted by atomic mass is 127. The van der Waals surface area contributed by atoms with Crippen molar-refractivity contribution in [1.82, 2.24) is 10.6 Å². The van der Waals surface area contributed by atoms with Crippen molar-refractivity contribution in [2.75, 3.05) is 13.1 Å². The number of nitrogens with one attached hydrogen (secondary N) is 2. The second-order valence-corrected chi connectivity index (χ2v) is 6.24. The molecule has 3 nitrogen and oxygen atoms in total. The predicted molar refractivity (Wildman–Crippen MR) is 90.9 cm³/mol. The van der Waals surface area contributed by atoms with Gasteiger partial charge < -0.3 is 10.6 Å². The normalized spacial score (nSPS) is 11.9. The molecule has 0 fully saturated rings. The molecule has 1 heterocycles. The van der Waals surface area contributed by atoms with Crippen LogP contribution >= 0.6 is 51.2 Å². The summed E-state index contributed by atoms with van der Waals surface area (Å²) in [4.78, 5) is 5.27. The van der Waals surface area contributed by atoms with Crippen LogP contribution in [0.3, 0.4) is 0 Å². The number of nitrogens with zero attached hydrogens (tertiary/aromatic N) is 1. The molecule has 0 unspecified atom stereocenters. The third-order valence-corrected chi connectivity index (χ3v) is 3.68. The molecule has 0 amide bonds. The van der Waals surface area contributed by atoms with Crippen molar-refractivity contribution >= 4 is 57.2 Å². The van der Waals surface area contributed by atoms with Crippen LogP contribution in [0.5, 0.6) is 0 Å². The maximum absolute atomic E-state index is 12.0. The number of alkyl halides is 3. The highest BCUT2D eigenvalue weighted by Crippen LogP contribution is 2.22. The summed E-state index contributed by atoms with van der Waals surface area (Å²) in [5, 5.41) is 5.58. The maximum Gasteiger partial charge on any atom is 0.390 e. The van der Waals surface area contributed by atoms with Crippen LogP contribution in [0.4, 0.5) is 13.2 Å². The van der Waals surface area contributed by atoms with Gasteiger partial charge in [0.25, 0.3) is 0 Å². The van der Waals surface area contributed by atoms with Gasteiger partial charge in [0.15, 0.2) is 5.96 Å². The monoisotopic (exact) mass is 485 g/mol. The van der Waals surface area contributed by atoms with Crippen molar-refractivity contribution in [3.63, 3.8) is 0 Å². The van der Waals surface area contributed by atoms with Gasteiger partial charge >= 0.3 is 6.18 Å². The van der Waals surface area contributed by atoms with Crippen LogP contribution in [-0.2, 0) is 6.54 Å². The number of aliphatic imine (C=N–C) groups is 1. The molecule has 0 bridgehead atoms. The highest BCUT2D eigenvalue weighted by Gasteiger charge is 2.26. The summed E-state index contributed by atoms with van der Waals surface area (Å²) >= 11 is 4.90. The molecular weight excluding hydrogens is 470 g/mol. The molecule has 2 N–H and O–H groups in total. The topological polar surface area (TPSA) is 36.4 Å². The molecule has 0 atom stereocenters. The molecule has 0 saturated carbocycles. The van der Waals surface area contributed by atoms with Crippen LogP contribution in [0, 0.1) is 0 Å². The summed E-state index contributed by atoms with van der Waals surface area (Å²) in [5.74, 6) is 0.399. The van der Waals surface area contributed by atoms with E-state index in [0.717, 1.165) is 8.66 Å².